The third kappa shape index (κ3) is 5.41. The second-order valence-electron chi connectivity index (χ2n) is 7.89. The number of rotatable bonds is 9. The molecule has 34 heavy (non-hydrogen) atoms. The van der Waals surface area contributed by atoms with Crippen LogP contribution in [0.25, 0.3) is 16.9 Å². The molecule has 0 unspecified atom stereocenters. The van der Waals surface area contributed by atoms with Crippen LogP contribution < -0.4 is 10.3 Å². The summed E-state index contributed by atoms with van der Waals surface area (Å²) in [6.45, 7) is 4.93. The Labute approximate surface area is 196 Å². The molecule has 0 amide bonds. The van der Waals surface area contributed by atoms with E-state index in [9.17, 15) is 14.9 Å². The molecule has 1 saturated heterocycles. The lowest BCUT2D eigenvalue weighted by atomic mass is 10.1. The first-order chi connectivity index (χ1) is 16.6. The molecule has 0 saturated carbocycles. The van der Waals surface area contributed by atoms with E-state index in [-0.39, 0.29) is 11.2 Å². The van der Waals surface area contributed by atoms with Crippen LogP contribution in [0.1, 0.15) is 12.0 Å². The van der Waals surface area contributed by atoms with E-state index in [4.69, 9.17) is 9.47 Å². The summed E-state index contributed by atoms with van der Waals surface area (Å²) in [6.07, 6.45) is 2.49. The van der Waals surface area contributed by atoms with Gasteiger partial charge in [-0.05, 0) is 42.8 Å². The van der Waals surface area contributed by atoms with E-state index in [0.717, 1.165) is 44.8 Å². The Morgan fingerprint density at radius 2 is 1.85 bits per heavy atom. The normalized spacial score (nSPS) is 14.5. The summed E-state index contributed by atoms with van der Waals surface area (Å²) >= 11 is 0. The molecule has 1 aliphatic heterocycles. The monoisotopic (exact) mass is 465 g/mol. The Bertz CT molecular complexity index is 1190. The summed E-state index contributed by atoms with van der Waals surface area (Å²) in [4.78, 5) is 30.6. The van der Waals surface area contributed by atoms with Gasteiger partial charge in [0.05, 0.1) is 42.2 Å². The van der Waals surface area contributed by atoms with Gasteiger partial charge in [-0.3, -0.25) is 29.9 Å². The van der Waals surface area contributed by atoms with Crippen molar-refractivity contribution < 1.29 is 14.4 Å². The summed E-state index contributed by atoms with van der Waals surface area (Å²) in [5.74, 6) is 0.708. The van der Waals surface area contributed by atoms with Crippen LogP contribution in [0.3, 0.4) is 0 Å². The number of hydrogen-bond acceptors (Lipinski definition) is 7. The molecule has 0 bridgehead atoms. The lowest BCUT2D eigenvalue weighted by Gasteiger charge is -2.26. The number of nitrogens with zero attached hydrogens (tertiary/aromatic N) is 4. The molecular formula is C24H27N5O5. The SMILES string of the molecule is COc1ccc(-c2[nH]n(-c3ccc([N+](=O)[O-])cc3)c(=O)c2C=NCCCN2CCOCC2)cc1. The van der Waals surface area contributed by atoms with Crippen molar-refractivity contribution in [1.29, 1.82) is 0 Å². The molecule has 2 heterocycles. The number of aromatic amines is 1. The Balaban J connectivity index is 1.59. The highest BCUT2D eigenvalue weighted by Crippen LogP contribution is 2.23. The zero-order valence-corrected chi connectivity index (χ0v) is 19.0. The predicted octanol–water partition coefficient (Wildman–Crippen LogP) is 2.89. The summed E-state index contributed by atoms with van der Waals surface area (Å²) in [6, 6.07) is 13.2. The van der Waals surface area contributed by atoms with E-state index in [2.05, 4.69) is 15.0 Å². The minimum atomic E-state index is -0.473. The van der Waals surface area contributed by atoms with Crippen molar-refractivity contribution in [3.8, 4) is 22.7 Å². The number of aromatic nitrogens is 2. The molecule has 10 heteroatoms. The van der Waals surface area contributed by atoms with E-state index in [1.165, 1.54) is 28.9 Å². The molecule has 4 rings (SSSR count). The van der Waals surface area contributed by atoms with Crippen molar-refractivity contribution in [2.45, 2.75) is 6.42 Å². The molecule has 1 aromatic heterocycles. The molecule has 0 atom stereocenters. The average molecular weight is 466 g/mol. The van der Waals surface area contributed by atoms with Gasteiger partial charge in [-0.15, -0.1) is 0 Å². The second-order valence-corrected chi connectivity index (χ2v) is 7.89. The first-order valence-electron chi connectivity index (χ1n) is 11.1. The van der Waals surface area contributed by atoms with Gasteiger partial charge in [-0.2, -0.15) is 0 Å². The Kier molecular flexibility index (Phi) is 7.51. The van der Waals surface area contributed by atoms with Crippen molar-refractivity contribution in [1.82, 2.24) is 14.7 Å². The highest BCUT2D eigenvalue weighted by Gasteiger charge is 2.16. The first-order valence-corrected chi connectivity index (χ1v) is 11.1. The minimum Gasteiger partial charge on any atom is -0.497 e. The quantitative estimate of drug-likeness (QED) is 0.225. The van der Waals surface area contributed by atoms with Crippen LogP contribution in [0.4, 0.5) is 5.69 Å². The van der Waals surface area contributed by atoms with Gasteiger partial charge in [0, 0.05) is 50.1 Å². The number of nitrogens with one attached hydrogen (secondary N) is 1. The summed E-state index contributed by atoms with van der Waals surface area (Å²) in [5, 5.41) is 14.1. The second kappa shape index (κ2) is 10.9. The maximum absolute atomic E-state index is 13.3. The first kappa shape index (κ1) is 23.4. The molecule has 0 spiro atoms. The standard InChI is InChI=1S/C24H27N5O5/c1-33-21-9-3-18(4-10-21)23-22(17-25-11-2-12-27-13-15-34-16-14-27)24(30)28(26-23)19-5-7-20(8-6-19)29(31)32/h3-10,17,26H,2,11-16H2,1H3. The van der Waals surface area contributed by atoms with Crippen molar-refractivity contribution in [2.24, 2.45) is 4.99 Å². The van der Waals surface area contributed by atoms with Crippen LogP contribution >= 0.6 is 0 Å². The van der Waals surface area contributed by atoms with Crippen molar-refractivity contribution in [2.75, 3.05) is 46.5 Å². The Morgan fingerprint density at radius 3 is 2.50 bits per heavy atom. The van der Waals surface area contributed by atoms with E-state index < -0.39 is 4.92 Å². The molecular weight excluding hydrogens is 438 g/mol. The molecule has 178 valence electrons. The van der Waals surface area contributed by atoms with Crippen LogP contribution in [-0.4, -0.2) is 72.3 Å². The molecule has 1 fully saturated rings. The van der Waals surface area contributed by atoms with Gasteiger partial charge in [0.25, 0.3) is 11.2 Å². The van der Waals surface area contributed by atoms with Gasteiger partial charge in [-0.25, -0.2) is 4.68 Å². The number of nitro benzene ring substituents is 1. The summed E-state index contributed by atoms with van der Waals surface area (Å²) in [7, 11) is 1.59. The van der Waals surface area contributed by atoms with Gasteiger partial charge < -0.3 is 9.47 Å². The van der Waals surface area contributed by atoms with E-state index in [1.807, 2.05) is 24.3 Å². The number of benzene rings is 2. The molecule has 3 aromatic rings. The van der Waals surface area contributed by atoms with Gasteiger partial charge in [0.1, 0.15) is 5.75 Å². The highest BCUT2D eigenvalue weighted by atomic mass is 16.6. The van der Waals surface area contributed by atoms with Gasteiger partial charge in [0.15, 0.2) is 0 Å². The fourth-order valence-electron chi connectivity index (χ4n) is 3.82. The molecule has 0 aliphatic carbocycles. The number of nitro groups is 1. The number of hydrogen-bond donors (Lipinski definition) is 1. The lowest BCUT2D eigenvalue weighted by molar-refractivity contribution is -0.384. The van der Waals surface area contributed by atoms with Crippen molar-refractivity contribution in [3.63, 3.8) is 0 Å². The van der Waals surface area contributed by atoms with Gasteiger partial charge in [-0.1, -0.05) is 0 Å². The van der Waals surface area contributed by atoms with E-state index in [1.54, 1.807) is 13.3 Å². The van der Waals surface area contributed by atoms with E-state index in [0.29, 0.717) is 29.2 Å². The fourth-order valence-corrected chi connectivity index (χ4v) is 3.82. The number of aliphatic imine (C=N–C) groups is 1. The van der Waals surface area contributed by atoms with Crippen LogP contribution in [0.2, 0.25) is 0 Å². The topological polar surface area (TPSA) is 115 Å². The maximum Gasteiger partial charge on any atom is 0.280 e. The highest BCUT2D eigenvalue weighted by molar-refractivity contribution is 5.88. The maximum atomic E-state index is 13.3. The Morgan fingerprint density at radius 1 is 1.15 bits per heavy atom. The third-order valence-corrected chi connectivity index (χ3v) is 5.71. The zero-order chi connectivity index (χ0) is 23.9. The summed E-state index contributed by atoms with van der Waals surface area (Å²) < 4.78 is 12.0. The van der Waals surface area contributed by atoms with Crippen LogP contribution in [-0.2, 0) is 4.74 Å². The third-order valence-electron chi connectivity index (χ3n) is 5.71. The molecule has 10 nitrogen and oxygen atoms in total. The van der Waals surface area contributed by atoms with Crippen molar-refractivity contribution in [3.05, 3.63) is 74.6 Å². The van der Waals surface area contributed by atoms with Gasteiger partial charge in [0.2, 0.25) is 0 Å². The average Bonchev–Trinajstić information content (AvgIpc) is 3.20. The van der Waals surface area contributed by atoms with Crippen molar-refractivity contribution >= 4 is 11.9 Å². The van der Waals surface area contributed by atoms with E-state index >= 15 is 0 Å². The molecule has 1 aliphatic rings. The summed E-state index contributed by atoms with van der Waals surface area (Å²) in [5.41, 5.74) is 2.01. The number of morpholine rings is 1. The predicted molar refractivity (Wildman–Crippen MR) is 129 cm³/mol. The number of non-ortho nitro benzene ring substituents is 1. The number of H-pyrrole nitrogens is 1. The largest absolute Gasteiger partial charge is 0.497 e. The Hall–Kier alpha value is -3.76. The minimum absolute atomic E-state index is 0.0409. The van der Waals surface area contributed by atoms with Crippen LogP contribution in [0.15, 0.2) is 58.3 Å². The zero-order valence-electron chi connectivity index (χ0n) is 19.0. The smallest absolute Gasteiger partial charge is 0.280 e. The molecule has 0 radical (unpaired) electrons. The van der Waals surface area contributed by atoms with Gasteiger partial charge >= 0.3 is 0 Å². The molecule has 2 aromatic carbocycles. The van der Waals surface area contributed by atoms with Crippen LogP contribution in [0.5, 0.6) is 5.75 Å². The van der Waals surface area contributed by atoms with Crippen LogP contribution in [0, 0.1) is 10.1 Å². The fraction of sp³-hybridized carbons (Fsp3) is 0.333. The number of ether oxygens (including phenoxy) is 2. The molecule has 1 N–H and O–H groups in total. The lowest BCUT2D eigenvalue weighted by Crippen LogP contribution is -2.37. The number of methoxy groups -OCH3 is 1.